The summed E-state index contributed by atoms with van der Waals surface area (Å²) < 4.78 is 33.5. The van der Waals surface area contributed by atoms with Crippen LogP contribution in [0, 0.1) is 12.8 Å². The fourth-order valence-corrected chi connectivity index (χ4v) is 5.80. The van der Waals surface area contributed by atoms with Gasteiger partial charge in [-0.05, 0) is 61.9 Å². The van der Waals surface area contributed by atoms with Gasteiger partial charge in [0, 0.05) is 24.2 Å². The van der Waals surface area contributed by atoms with E-state index in [0.29, 0.717) is 31.7 Å². The highest BCUT2D eigenvalue weighted by Gasteiger charge is 2.33. The molecular weight excluding hydrogens is 424 g/mol. The first kappa shape index (κ1) is 22.3. The molecule has 0 unspecified atom stereocenters. The molecule has 3 aromatic rings. The number of carbonyl (C=O) groups is 1. The molecule has 4 rings (SSSR count). The SMILES string of the molecule is CCOc1ccc(S(=O)(=O)N2CCC[C@H](C(=O)Nc3cccc4ccccc34)C2)cc1C. The van der Waals surface area contributed by atoms with Gasteiger partial charge in [-0.15, -0.1) is 0 Å². The number of hydrogen-bond donors (Lipinski definition) is 1. The molecule has 1 N–H and O–H groups in total. The van der Waals surface area contributed by atoms with Crippen LogP contribution < -0.4 is 10.1 Å². The molecule has 0 radical (unpaired) electrons. The summed E-state index contributed by atoms with van der Waals surface area (Å²) >= 11 is 0. The molecule has 1 saturated heterocycles. The second-order valence-electron chi connectivity index (χ2n) is 8.08. The van der Waals surface area contributed by atoms with Crippen LogP contribution in [-0.2, 0) is 14.8 Å². The number of nitrogens with zero attached hydrogens (tertiary/aromatic N) is 1. The maximum atomic E-state index is 13.3. The van der Waals surface area contributed by atoms with Gasteiger partial charge < -0.3 is 10.1 Å². The zero-order valence-corrected chi connectivity index (χ0v) is 19.2. The molecule has 7 heteroatoms. The molecule has 1 aliphatic rings. The van der Waals surface area contributed by atoms with E-state index < -0.39 is 15.9 Å². The average molecular weight is 453 g/mol. The molecule has 6 nitrogen and oxygen atoms in total. The predicted molar refractivity (Wildman–Crippen MR) is 126 cm³/mol. The van der Waals surface area contributed by atoms with E-state index in [9.17, 15) is 13.2 Å². The van der Waals surface area contributed by atoms with E-state index >= 15 is 0 Å². The lowest BCUT2D eigenvalue weighted by Crippen LogP contribution is -2.43. The van der Waals surface area contributed by atoms with Crippen molar-refractivity contribution in [2.24, 2.45) is 5.92 Å². The van der Waals surface area contributed by atoms with Crippen LogP contribution in [0.2, 0.25) is 0 Å². The van der Waals surface area contributed by atoms with Gasteiger partial charge in [-0.25, -0.2) is 8.42 Å². The Morgan fingerprint density at radius 1 is 1.12 bits per heavy atom. The summed E-state index contributed by atoms with van der Waals surface area (Å²) in [5, 5.41) is 5.03. The summed E-state index contributed by atoms with van der Waals surface area (Å²) in [5.74, 6) is 0.128. The third-order valence-electron chi connectivity index (χ3n) is 5.89. The molecule has 3 aromatic carbocycles. The molecule has 1 atom stereocenters. The number of rotatable bonds is 6. The fraction of sp³-hybridized carbons (Fsp3) is 0.320. The van der Waals surface area contributed by atoms with E-state index in [4.69, 9.17) is 4.74 Å². The highest BCUT2D eigenvalue weighted by atomic mass is 32.2. The summed E-state index contributed by atoms with van der Waals surface area (Å²) in [6.45, 7) is 4.83. The second kappa shape index (κ2) is 9.30. The van der Waals surface area contributed by atoms with Crippen molar-refractivity contribution in [1.82, 2.24) is 4.31 Å². The Labute approximate surface area is 189 Å². The van der Waals surface area contributed by atoms with E-state index in [1.54, 1.807) is 18.2 Å². The Bertz CT molecular complexity index is 1230. The number of benzene rings is 3. The van der Waals surface area contributed by atoms with Crippen molar-refractivity contribution < 1.29 is 17.9 Å². The monoisotopic (exact) mass is 452 g/mol. The second-order valence-corrected chi connectivity index (χ2v) is 10.0. The predicted octanol–water partition coefficient (Wildman–Crippen LogP) is 4.59. The number of fused-ring (bicyclic) bond motifs is 1. The standard InChI is InChI=1S/C25H28N2O4S/c1-3-31-24-14-13-21(16-18(24)2)32(29,30)27-15-7-10-20(17-27)25(28)26-23-12-6-9-19-8-4-5-11-22(19)23/h4-6,8-9,11-14,16,20H,3,7,10,15,17H2,1-2H3,(H,26,28)/t20-/m0/s1. The van der Waals surface area contributed by atoms with Crippen molar-refractivity contribution in [3.05, 3.63) is 66.2 Å². The molecule has 1 heterocycles. The Morgan fingerprint density at radius 2 is 1.91 bits per heavy atom. The van der Waals surface area contributed by atoms with Crippen LogP contribution >= 0.6 is 0 Å². The third kappa shape index (κ3) is 4.49. The van der Waals surface area contributed by atoms with Crippen molar-refractivity contribution in [2.75, 3.05) is 25.0 Å². The fourth-order valence-electron chi connectivity index (χ4n) is 4.19. The number of anilines is 1. The average Bonchev–Trinajstić information content (AvgIpc) is 2.81. The van der Waals surface area contributed by atoms with Gasteiger partial charge in [0.15, 0.2) is 0 Å². The van der Waals surface area contributed by atoms with Crippen molar-refractivity contribution in [3.63, 3.8) is 0 Å². The molecule has 0 spiro atoms. The minimum Gasteiger partial charge on any atom is -0.494 e. The summed E-state index contributed by atoms with van der Waals surface area (Å²) in [5.41, 5.74) is 1.52. The molecule has 1 amide bonds. The topological polar surface area (TPSA) is 75.7 Å². The Balaban J connectivity index is 1.51. The quantitative estimate of drug-likeness (QED) is 0.594. The van der Waals surface area contributed by atoms with E-state index in [2.05, 4.69) is 5.32 Å². The first-order valence-corrected chi connectivity index (χ1v) is 12.4. The number of piperidine rings is 1. The van der Waals surface area contributed by atoms with Crippen LogP contribution in [0.15, 0.2) is 65.6 Å². The van der Waals surface area contributed by atoms with Crippen LogP contribution in [-0.4, -0.2) is 38.3 Å². The molecule has 1 fully saturated rings. The summed E-state index contributed by atoms with van der Waals surface area (Å²) in [6.07, 6.45) is 1.30. The molecule has 1 aliphatic heterocycles. The van der Waals surface area contributed by atoms with Crippen LogP contribution in [0.5, 0.6) is 5.75 Å². The zero-order chi connectivity index (χ0) is 22.7. The molecule has 0 aliphatic carbocycles. The number of ether oxygens (including phenoxy) is 1. The smallest absolute Gasteiger partial charge is 0.243 e. The first-order valence-electron chi connectivity index (χ1n) is 10.9. The summed E-state index contributed by atoms with van der Waals surface area (Å²) in [7, 11) is -3.69. The Kier molecular flexibility index (Phi) is 6.48. The van der Waals surface area contributed by atoms with Crippen molar-refractivity contribution in [2.45, 2.75) is 31.6 Å². The minimum absolute atomic E-state index is 0.149. The maximum Gasteiger partial charge on any atom is 0.243 e. The van der Waals surface area contributed by atoms with Gasteiger partial charge in [0.2, 0.25) is 15.9 Å². The van der Waals surface area contributed by atoms with Gasteiger partial charge in [-0.3, -0.25) is 4.79 Å². The Morgan fingerprint density at radius 3 is 2.69 bits per heavy atom. The molecule has 32 heavy (non-hydrogen) atoms. The number of nitrogens with one attached hydrogen (secondary N) is 1. The van der Waals surface area contributed by atoms with Gasteiger partial charge in [0.25, 0.3) is 0 Å². The van der Waals surface area contributed by atoms with Gasteiger partial charge >= 0.3 is 0 Å². The lowest BCUT2D eigenvalue weighted by Gasteiger charge is -2.31. The number of carbonyl (C=O) groups excluding carboxylic acids is 1. The van der Waals surface area contributed by atoms with E-state index in [1.807, 2.05) is 56.3 Å². The largest absolute Gasteiger partial charge is 0.494 e. The van der Waals surface area contributed by atoms with Gasteiger partial charge in [0.05, 0.1) is 17.4 Å². The summed E-state index contributed by atoms with van der Waals surface area (Å²) in [6, 6.07) is 18.6. The molecular formula is C25H28N2O4S. The lowest BCUT2D eigenvalue weighted by molar-refractivity contribution is -0.120. The normalized spacial score (nSPS) is 17.2. The minimum atomic E-state index is -3.69. The maximum absolute atomic E-state index is 13.3. The van der Waals surface area contributed by atoms with Crippen LogP contribution in [0.25, 0.3) is 10.8 Å². The highest BCUT2D eigenvalue weighted by Crippen LogP contribution is 2.29. The first-order chi connectivity index (χ1) is 15.4. The van der Waals surface area contributed by atoms with Crippen LogP contribution in [0.3, 0.4) is 0 Å². The lowest BCUT2D eigenvalue weighted by atomic mass is 9.98. The zero-order valence-electron chi connectivity index (χ0n) is 18.4. The van der Waals surface area contributed by atoms with E-state index in [1.165, 1.54) is 4.31 Å². The summed E-state index contributed by atoms with van der Waals surface area (Å²) in [4.78, 5) is 13.3. The third-order valence-corrected chi connectivity index (χ3v) is 7.75. The van der Waals surface area contributed by atoms with Gasteiger partial charge in [0.1, 0.15) is 5.75 Å². The number of sulfonamides is 1. The van der Waals surface area contributed by atoms with E-state index in [-0.39, 0.29) is 17.3 Å². The molecule has 0 aromatic heterocycles. The van der Waals surface area contributed by atoms with Crippen molar-refractivity contribution in [3.8, 4) is 5.75 Å². The Hall–Kier alpha value is -2.90. The van der Waals surface area contributed by atoms with E-state index in [0.717, 1.165) is 22.0 Å². The molecule has 168 valence electrons. The molecule has 0 saturated carbocycles. The number of hydrogen-bond acceptors (Lipinski definition) is 4. The van der Waals surface area contributed by atoms with Crippen LogP contribution in [0.1, 0.15) is 25.3 Å². The van der Waals surface area contributed by atoms with Crippen molar-refractivity contribution in [1.29, 1.82) is 0 Å². The van der Waals surface area contributed by atoms with Crippen LogP contribution in [0.4, 0.5) is 5.69 Å². The van der Waals surface area contributed by atoms with Gasteiger partial charge in [-0.1, -0.05) is 36.4 Å². The number of aryl methyl sites for hydroxylation is 1. The van der Waals surface area contributed by atoms with Gasteiger partial charge in [-0.2, -0.15) is 4.31 Å². The molecule has 0 bridgehead atoms. The highest BCUT2D eigenvalue weighted by molar-refractivity contribution is 7.89. The van der Waals surface area contributed by atoms with Crippen molar-refractivity contribution >= 4 is 32.4 Å². The number of amides is 1.